The standard InChI is InChI=1S/C23H18N4/c1-2-14-10-20-13-18-7-6-16(25-18)11-15-4-5-17(24-15)12-19-8-9-22(26-19)21(3-1)23(14)27-20/h1,3-9,11-14,24-25H,2,10H2. The van der Waals surface area contributed by atoms with Crippen LogP contribution in [-0.4, -0.2) is 19.9 Å². The molecule has 0 fully saturated rings. The fourth-order valence-corrected chi connectivity index (χ4v) is 4.17. The average molecular weight is 350 g/mol. The Hall–Kier alpha value is -3.40. The third kappa shape index (κ3) is 2.53. The lowest BCUT2D eigenvalue weighted by atomic mass is 9.90. The number of allylic oxidation sites excluding steroid dienone is 1. The van der Waals surface area contributed by atoms with Crippen LogP contribution in [-0.2, 0) is 6.42 Å². The van der Waals surface area contributed by atoms with E-state index < -0.39 is 0 Å². The number of H-pyrrole nitrogens is 2. The van der Waals surface area contributed by atoms with E-state index in [0.717, 1.165) is 57.6 Å². The lowest BCUT2D eigenvalue weighted by Gasteiger charge is -2.13. The Kier molecular flexibility index (Phi) is 3.03. The van der Waals surface area contributed by atoms with Crippen LogP contribution in [0.4, 0.5) is 0 Å². The number of aromatic nitrogens is 4. The zero-order valence-corrected chi connectivity index (χ0v) is 14.7. The first-order valence-electron chi connectivity index (χ1n) is 9.35. The number of nitrogens with one attached hydrogen (secondary N) is 2. The van der Waals surface area contributed by atoms with Crippen molar-refractivity contribution < 1.29 is 0 Å². The van der Waals surface area contributed by atoms with E-state index in [2.05, 4.69) is 76.7 Å². The minimum Gasteiger partial charge on any atom is -0.355 e. The molecule has 130 valence electrons. The SMILES string of the molecule is C1=Cc2c3nc(cc4ccc(cc5ccc(cc6nc2C(C1)C6)[nH]5)[nH]4)C=C3. The Morgan fingerprint density at radius 3 is 2.33 bits per heavy atom. The van der Waals surface area contributed by atoms with Crippen LogP contribution in [0.25, 0.3) is 40.3 Å². The molecular formula is C23H18N4. The quantitative estimate of drug-likeness (QED) is 0.456. The van der Waals surface area contributed by atoms with Gasteiger partial charge in [0.25, 0.3) is 0 Å². The lowest BCUT2D eigenvalue weighted by Crippen LogP contribution is -2.02. The van der Waals surface area contributed by atoms with Gasteiger partial charge in [0.05, 0.1) is 17.1 Å². The summed E-state index contributed by atoms with van der Waals surface area (Å²) in [5.74, 6) is 0.461. The van der Waals surface area contributed by atoms with Gasteiger partial charge in [-0.15, -0.1) is 0 Å². The molecule has 3 aromatic heterocycles. The van der Waals surface area contributed by atoms with Crippen molar-refractivity contribution in [3.8, 4) is 0 Å². The van der Waals surface area contributed by atoms with E-state index in [-0.39, 0.29) is 0 Å². The van der Waals surface area contributed by atoms with Gasteiger partial charge < -0.3 is 9.97 Å². The topological polar surface area (TPSA) is 57.4 Å². The summed E-state index contributed by atoms with van der Waals surface area (Å²) in [6.07, 6.45) is 10.7. The van der Waals surface area contributed by atoms with Crippen LogP contribution in [0.1, 0.15) is 40.7 Å². The first-order valence-corrected chi connectivity index (χ1v) is 9.35. The van der Waals surface area contributed by atoms with Crippen LogP contribution < -0.4 is 0 Å². The summed E-state index contributed by atoms with van der Waals surface area (Å²) < 4.78 is 0. The van der Waals surface area contributed by atoms with Crippen LogP contribution in [0.15, 0.2) is 48.5 Å². The second-order valence-corrected chi connectivity index (χ2v) is 7.37. The fourth-order valence-electron chi connectivity index (χ4n) is 4.17. The molecule has 0 aromatic carbocycles. The van der Waals surface area contributed by atoms with Crippen molar-refractivity contribution in [2.75, 3.05) is 0 Å². The molecule has 0 spiro atoms. The van der Waals surface area contributed by atoms with Gasteiger partial charge in [0.1, 0.15) is 0 Å². The minimum absolute atomic E-state index is 0.461. The van der Waals surface area contributed by atoms with Gasteiger partial charge in [-0.1, -0.05) is 12.2 Å². The molecular weight excluding hydrogens is 332 g/mol. The summed E-state index contributed by atoms with van der Waals surface area (Å²) in [5.41, 5.74) is 9.73. The maximum Gasteiger partial charge on any atom is 0.0728 e. The minimum atomic E-state index is 0.461. The van der Waals surface area contributed by atoms with E-state index in [1.807, 2.05) is 0 Å². The smallest absolute Gasteiger partial charge is 0.0728 e. The Balaban J connectivity index is 1.72. The van der Waals surface area contributed by atoms with Crippen LogP contribution in [0.5, 0.6) is 0 Å². The Morgan fingerprint density at radius 1 is 0.778 bits per heavy atom. The van der Waals surface area contributed by atoms with Crippen molar-refractivity contribution in [1.29, 1.82) is 0 Å². The van der Waals surface area contributed by atoms with Gasteiger partial charge in [-0.05, 0) is 67.5 Å². The molecule has 0 saturated carbocycles. The zero-order chi connectivity index (χ0) is 17.8. The van der Waals surface area contributed by atoms with Gasteiger partial charge in [-0.3, -0.25) is 4.98 Å². The summed E-state index contributed by atoms with van der Waals surface area (Å²) >= 11 is 0. The molecule has 0 saturated heterocycles. The molecule has 2 N–H and O–H groups in total. The lowest BCUT2D eigenvalue weighted by molar-refractivity contribution is 0.716. The highest BCUT2D eigenvalue weighted by atomic mass is 14.8. The van der Waals surface area contributed by atoms with E-state index in [1.165, 1.54) is 5.69 Å². The van der Waals surface area contributed by atoms with Gasteiger partial charge in [0, 0.05) is 39.2 Å². The molecule has 6 rings (SSSR count). The molecule has 4 nitrogen and oxygen atoms in total. The Morgan fingerprint density at radius 2 is 1.52 bits per heavy atom. The second kappa shape index (κ2) is 5.55. The van der Waals surface area contributed by atoms with E-state index in [0.29, 0.717) is 5.92 Å². The van der Waals surface area contributed by atoms with Gasteiger partial charge in [0.15, 0.2) is 0 Å². The fraction of sp³-hybridized carbons (Fsp3) is 0.130. The molecule has 4 heteroatoms. The molecule has 1 atom stereocenters. The highest BCUT2D eigenvalue weighted by Crippen LogP contribution is 2.36. The van der Waals surface area contributed by atoms with Crippen LogP contribution in [0.3, 0.4) is 0 Å². The number of hydrogen-bond acceptors (Lipinski definition) is 2. The normalized spacial score (nSPS) is 17.4. The van der Waals surface area contributed by atoms with Crippen molar-refractivity contribution >= 4 is 40.3 Å². The first-order chi connectivity index (χ1) is 13.3. The van der Waals surface area contributed by atoms with E-state index in [4.69, 9.17) is 9.97 Å². The Labute approximate surface area is 156 Å². The third-order valence-electron chi connectivity index (χ3n) is 5.42. The predicted octanol–water partition coefficient (Wildman–Crippen LogP) is 5.23. The molecule has 1 aliphatic carbocycles. The first kappa shape index (κ1) is 14.7. The molecule has 0 radical (unpaired) electrons. The van der Waals surface area contributed by atoms with Gasteiger partial charge >= 0.3 is 0 Å². The monoisotopic (exact) mass is 350 g/mol. The van der Waals surface area contributed by atoms with Crippen molar-refractivity contribution in [3.63, 3.8) is 0 Å². The van der Waals surface area contributed by atoms with Crippen LogP contribution in [0.2, 0.25) is 0 Å². The average Bonchev–Trinajstić information content (AvgIpc) is 3.43. The molecule has 2 aliphatic heterocycles. The summed E-state index contributed by atoms with van der Waals surface area (Å²) in [6.45, 7) is 0. The number of hydrogen-bond donors (Lipinski definition) is 2. The number of nitrogens with zero attached hydrogens (tertiary/aromatic N) is 2. The molecule has 0 amide bonds. The maximum absolute atomic E-state index is 4.98. The summed E-state index contributed by atoms with van der Waals surface area (Å²) in [4.78, 5) is 16.7. The zero-order valence-electron chi connectivity index (χ0n) is 14.7. The van der Waals surface area contributed by atoms with Crippen LogP contribution >= 0.6 is 0 Å². The van der Waals surface area contributed by atoms with Crippen molar-refractivity contribution in [2.45, 2.75) is 18.8 Å². The summed E-state index contributed by atoms with van der Waals surface area (Å²) in [5, 5.41) is 0. The summed E-state index contributed by atoms with van der Waals surface area (Å²) in [7, 11) is 0. The molecule has 8 bridgehead atoms. The van der Waals surface area contributed by atoms with Gasteiger partial charge in [0.2, 0.25) is 0 Å². The highest BCUT2D eigenvalue weighted by molar-refractivity contribution is 5.78. The van der Waals surface area contributed by atoms with Crippen molar-refractivity contribution in [1.82, 2.24) is 19.9 Å². The number of aromatic amines is 2. The maximum atomic E-state index is 4.98. The van der Waals surface area contributed by atoms with E-state index in [1.54, 1.807) is 0 Å². The van der Waals surface area contributed by atoms with Crippen LogP contribution in [0, 0.1) is 0 Å². The van der Waals surface area contributed by atoms with Gasteiger partial charge in [-0.25, -0.2) is 4.98 Å². The third-order valence-corrected chi connectivity index (χ3v) is 5.42. The van der Waals surface area contributed by atoms with E-state index in [9.17, 15) is 0 Å². The Bertz CT molecular complexity index is 1290. The molecule has 27 heavy (non-hydrogen) atoms. The number of fused-ring (bicyclic) bond motifs is 8. The second-order valence-electron chi connectivity index (χ2n) is 7.37. The van der Waals surface area contributed by atoms with Crippen molar-refractivity contribution in [3.05, 3.63) is 76.9 Å². The molecule has 5 heterocycles. The highest BCUT2D eigenvalue weighted by Gasteiger charge is 2.25. The molecule has 3 aliphatic rings. The van der Waals surface area contributed by atoms with Gasteiger partial charge in [-0.2, -0.15) is 0 Å². The summed E-state index contributed by atoms with van der Waals surface area (Å²) in [6, 6.07) is 14.8. The number of rotatable bonds is 0. The largest absolute Gasteiger partial charge is 0.355 e. The van der Waals surface area contributed by atoms with E-state index >= 15 is 0 Å². The van der Waals surface area contributed by atoms with Crippen molar-refractivity contribution in [2.24, 2.45) is 0 Å². The molecule has 1 unspecified atom stereocenters. The predicted molar refractivity (Wildman–Crippen MR) is 110 cm³/mol. The molecule has 3 aromatic rings.